The summed E-state index contributed by atoms with van der Waals surface area (Å²) in [7, 11) is 1.53. The number of amides is 1. The van der Waals surface area contributed by atoms with Crippen molar-refractivity contribution in [2.45, 2.75) is 37.9 Å². The van der Waals surface area contributed by atoms with Gasteiger partial charge in [-0.1, -0.05) is 38.1 Å². The van der Waals surface area contributed by atoms with Crippen LogP contribution in [0.5, 0.6) is 5.75 Å². The van der Waals surface area contributed by atoms with Crippen LogP contribution in [0, 0.1) is 5.92 Å². The summed E-state index contributed by atoms with van der Waals surface area (Å²) < 4.78 is 33.8. The van der Waals surface area contributed by atoms with E-state index < -0.39 is 5.92 Å². The van der Waals surface area contributed by atoms with Crippen LogP contribution in [0.15, 0.2) is 47.4 Å². The Labute approximate surface area is 179 Å². The summed E-state index contributed by atoms with van der Waals surface area (Å²) in [6, 6.07) is 10.9. The maximum atomic E-state index is 13.7. The maximum absolute atomic E-state index is 13.7. The monoisotopic (exact) mass is 435 g/mol. The van der Waals surface area contributed by atoms with E-state index in [2.05, 4.69) is 10.4 Å². The predicted octanol–water partition coefficient (Wildman–Crippen LogP) is 4.60. The largest absolute Gasteiger partial charge is 0.492 e. The van der Waals surface area contributed by atoms with Gasteiger partial charge in [-0.3, -0.25) is 9.48 Å². The van der Waals surface area contributed by atoms with Crippen LogP contribution in [0.3, 0.4) is 0 Å². The molecule has 1 aromatic carbocycles. The van der Waals surface area contributed by atoms with E-state index in [1.54, 1.807) is 0 Å². The number of allylic oxidation sites excluding steroid dienone is 1. The zero-order chi connectivity index (χ0) is 21.9. The number of halogens is 2. The van der Waals surface area contributed by atoms with Crippen molar-refractivity contribution in [3.05, 3.63) is 58.8 Å². The Morgan fingerprint density at radius 2 is 2.07 bits per heavy atom. The number of benzene rings is 1. The number of nitrogens with zero attached hydrogens (tertiary/aromatic N) is 2. The normalized spacial score (nSPS) is 21.8. The number of para-hydroxylation sites is 1. The first-order valence-corrected chi connectivity index (χ1v) is 10.9. The Kier molecular flexibility index (Phi) is 6.55. The molecule has 2 aromatic rings. The number of hydrogen-bond acceptors (Lipinski definition) is 4. The number of aryl methyl sites for hydroxylation is 1. The van der Waals surface area contributed by atoms with Gasteiger partial charge in [-0.05, 0) is 24.6 Å². The fraction of sp³-hybridized carbons (Fsp3) is 0.455. The molecule has 5 nitrogen and oxygen atoms in total. The summed E-state index contributed by atoms with van der Waals surface area (Å²) in [5.41, 5.74) is 0.507. The fourth-order valence-electron chi connectivity index (χ4n) is 3.48. The van der Waals surface area contributed by atoms with Crippen LogP contribution in [0.1, 0.15) is 38.6 Å². The highest BCUT2D eigenvalue weighted by Crippen LogP contribution is 2.69. The minimum Gasteiger partial charge on any atom is -0.492 e. The molecule has 162 valence electrons. The number of alkyl halides is 2. The molecule has 1 amide bonds. The molecule has 1 saturated carbocycles. The van der Waals surface area contributed by atoms with E-state index in [4.69, 9.17) is 4.74 Å². The van der Waals surface area contributed by atoms with E-state index >= 15 is 0 Å². The molecule has 2 heterocycles. The van der Waals surface area contributed by atoms with Crippen LogP contribution in [-0.4, -0.2) is 28.8 Å². The highest BCUT2D eigenvalue weighted by molar-refractivity contribution is 8.05. The van der Waals surface area contributed by atoms with Gasteiger partial charge in [0.25, 0.3) is 11.8 Å². The van der Waals surface area contributed by atoms with Crippen molar-refractivity contribution in [2.75, 3.05) is 13.2 Å². The van der Waals surface area contributed by atoms with E-state index in [1.807, 2.05) is 50.3 Å². The van der Waals surface area contributed by atoms with Crippen LogP contribution >= 0.6 is 11.8 Å². The number of hydrogen-bond donors (Lipinski definition) is 1. The average Bonchev–Trinajstić information content (AvgIpc) is 3.07. The molecule has 1 aliphatic heterocycles. The standard InChI is InChI=1S/C20H21F2N3O2S.C2H6/c1-19(21,22)17-11-16(24-25(17)2)20-12-13(20)10-15(28-20)18(26)23-8-9-27-14-6-4-3-5-7-14;1-2/h3-7,10-11,13H,8-9,12H2,1-2H3,(H,23,26);1-2H3. The van der Waals surface area contributed by atoms with E-state index in [9.17, 15) is 13.6 Å². The first kappa shape index (κ1) is 22.3. The third-order valence-corrected chi connectivity index (χ3v) is 6.58. The Balaban J connectivity index is 0.00000124. The SMILES string of the molecule is CC.Cn1nc(C23CC2C=C(C(=O)NCCOc2ccccc2)S3)cc1C(C)(F)F. The van der Waals surface area contributed by atoms with Gasteiger partial charge in [0.05, 0.1) is 21.9 Å². The molecule has 1 aromatic heterocycles. The maximum Gasteiger partial charge on any atom is 0.286 e. The molecule has 0 bridgehead atoms. The lowest BCUT2D eigenvalue weighted by molar-refractivity contribution is -0.116. The van der Waals surface area contributed by atoms with E-state index in [1.165, 1.54) is 29.6 Å². The Morgan fingerprint density at radius 3 is 2.70 bits per heavy atom. The Bertz CT molecular complexity index is 924. The van der Waals surface area contributed by atoms with Gasteiger partial charge in [0.1, 0.15) is 18.1 Å². The molecule has 30 heavy (non-hydrogen) atoms. The number of nitrogens with one attached hydrogen (secondary N) is 1. The first-order valence-electron chi connectivity index (χ1n) is 10.1. The molecule has 1 N–H and O–H groups in total. The molecule has 0 spiro atoms. The molecule has 2 atom stereocenters. The highest BCUT2D eigenvalue weighted by Gasteiger charge is 2.61. The summed E-state index contributed by atoms with van der Waals surface area (Å²) in [6.07, 6.45) is 2.74. The van der Waals surface area contributed by atoms with Crippen molar-refractivity contribution in [2.24, 2.45) is 13.0 Å². The smallest absolute Gasteiger partial charge is 0.286 e. The van der Waals surface area contributed by atoms with Crippen molar-refractivity contribution >= 4 is 17.7 Å². The van der Waals surface area contributed by atoms with Gasteiger partial charge in [0.2, 0.25) is 0 Å². The zero-order valence-electron chi connectivity index (χ0n) is 17.6. The predicted molar refractivity (Wildman–Crippen MR) is 115 cm³/mol. The number of aromatic nitrogens is 2. The van der Waals surface area contributed by atoms with Gasteiger partial charge in [-0.2, -0.15) is 13.9 Å². The second-order valence-electron chi connectivity index (χ2n) is 7.18. The lowest BCUT2D eigenvalue weighted by atomic mass is 10.2. The number of fused-ring (bicyclic) bond motifs is 1. The van der Waals surface area contributed by atoms with Gasteiger partial charge >= 0.3 is 0 Å². The van der Waals surface area contributed by atoms with Crippen LogP contribution in [0.2, 0.25) is 0 Å². The minimum atomic E-state index is -2.95. The molecule has 4 rings (SSSR count). The topological polar surface area (TPSA) is 56.2 Å². The van der Waals surface area contributed by atoms with Gasteiger partial charge < -0.3 is 10.1 Å². The van der Waals surface area contributed by atoms with Crippen molar-refractivity contribution in [1.82, 2.24) is 15.1 Å². The lowest BCUT2D eigenvalue weighted by Gasteiger charge is -2.12. The number of carbonyl (C=O) groups is 1. The van der Waals surface area contributed by atoms with Crippen LogP contribution in [-0.2, 0) is 22.5 Å². The van der Waals surface area contributed by atoms with Gasteiger partial charge in [-0.15, -0.1) is 11.8 Å². The molecule has 1 fully saturated rings. The van der Waals surface area contributed by atoms with Crippen LogP contribution in [0.25, 0.3) is 0 Å². The molecule has 0 radical (unpaired) electrons. The van der Waals surface area contributed by atoms with Crippen molar-refractivity contribution in [3.8, 4) is 5.75 Å². The van der Waals surface area contributed by atoms with Gasteiger partial charge in [-0.25, -0.2) is 0 Å². The molecule has 0 saturated heterocycles. The summed E-state index contributed by atoms with van der Waals surface area (Å²) in [4.78, 5) is 13.0. The Hall–Kier alpha value is -2.35. The molecular weight excluding hydrogens is 408 g/mol. The fourth-order valence-corrected chi connectivity index (χ4v) is 4.96. The van der Waals surface area contributed by atoms with Crippen molar-refractivity contribution in [3.63, 3.8) is 0 Å². The van der Waals surface area contributed by atoms with E-state index in [0.717, 1.165) is 19.1 Å². The third-order valence-electron chi connectivity index (χ3n) is 4.99. The van der Waals surface area contributed by atoms with Crippen LogP contribution in [0.4, 0.5) is 8.78 Å². The van der Waals surface area contributed by atoms with Gasteiger partial charge in [0.15, 0.2) is 0 Å². The first-order chi connectivity index (χ1) is 14.3. The summed E-state index contributed by atoms with van der Waals surface area (Å²) >= 11 is 1.42. The van der Waals surface area contributed by atoms with Gasteiger partial charge in [0, 0.05) is 19.9 Å². The highest BCUT2D eigenvalue weighted by atomic mass is 32.2. The van der Waals surface area contributed by atoms with Crippen molar-refractivity contribution in [1.29, 1.82) is 0 Å². The second-order valence-corrected chi connectivity index (χ2v) is 8.55. The van der Waals surface area contributed by atoms with E-state index in [0.29, 0.717) is 23.8 Å². The number of ether oxygens (including phenoxy) is 1. The molecule has 8 heteroatoms. The van der Waals surface area contributed by atoms with Crippen molar-refractivity contribution < 1.29 is 18.3 Å². The van der Waals surface area contributed by atoms with E-state index in [-0.39, 0.29) is 22.3 Å². The number of rotatable bonds is 7. The molecule has 2 aliphatic rings. The number of thioether (sulfide) groups is 1. The quantitative estimate of drug-likeness (QED) is 0.646. The minimum absolute atomic E-state index is 0.112. The zero-order valence-corrected chi connectivity index (χ0v) is 18.4. The number of carbonyl (C=O) groups excluding carboxylic acids is 1. The Morgan fingerprint density at radius 1 is 1.37 bits per heavy atom. The third kappa shape index (κ3) is 4.53. The lowest BCUT2D eigenvalue weighted by Crippen LogP contribution is -2.28. The summed E-state index contributed by atoms with van der Waals surface area (Å²) in [5.74, 6) is -2.20. The molecular formula is C22H27F2N3O2S. The van der Waals surface area contributed by atoms with Crippen LogP contribution < -0.4 is 10.1 Å². The summed E-state index contributed by atoms with van der Waals surface area (Å²) in [5, 5.41) is 7.15. The summed E-state index contributed by atoms with van der Waals surface area (Å²) in [6.45, 7) is 5.63. The average molecular weight is 436 g/mol. The second kappa shape index (κ2) is 8.79. The molecule has 2 unspecified atom stereocenters. The molecule has 1 aliphatic carbocycles.